The Balaban J connectivity index is 2.40. The third-order valence-corrected chi connectivity index (χ3v) is 2.29. The maximum absolute atomic E-state index is 10.9. The molecule has 0 heterocycles. The molecule has 1 unspecified atom stereocenters. The van der Waals surface area contributed by atoms with E-state index >= 15 is 0 Å². The van der Waals surface area contributed by atoms with E-state index in [1.165, 1.54) is 0 Å². The van der Waals surface area contributed by atoms with Crippen LogP contribution in [0, 0.1) is 0 Å². The summed E-state index contributed by atoms with van der Waals surface area (Å²) in [5.41, 5.74) is 0.775. The summed E-state index contributed by atoms with van der Waals surface area (Å²) >= 11 is 3.51. The molecule has 0 aliphatic rings. The molecule has 1 aromatic carbocycles. The molecular weight excluding hydrogens is 240 g/mol. The molecule has 0 aliphatic heterocycles. The lowest BCUT2D eigenvalue weighted by molar-refractivity contribution is -0.141. The first-order valence-electron chi connectivity index (χ1n) is 4.05. The van der Waals surface area contributed by atoms with Crippen molar-refractivity contribution in [3.8, 4) is 0 Å². The minimum Gasteiger partial charge on any atom is -0.460 e. The van der Waals surface area contributed by atoms with E-state index in [-0.39, 0.29) is 6.61 Å². The van der Waals surface area contributed by atoms with Crippen LogP contribution in [0.4, 0.5) is 0 Å². The largest absolute Gasteiger partial charge is 0.460 e. The maximum Gasteiger partial charge on any atom is 0.321 e. The Morgan fingerprint density at radius 1 is 1.40 bits per heavy atom. The molecule has 0 spiro atoms. The summed E-state index contributed by atoms with van der Waals surface area (Å²) in [6.07, 6.45) is 0. The Morgan fingerprint density at radius 3 is 2.53 bits per heavy atom. The monoisotopic (exact) mass is 248 g/mol. The second-order valence-corrected chi connectivity index (χ2v) is 4.12. The summed E-state index contributed by atoms with van der Waals surface area (Å²) in [5, 5.41) is 0.599. The van der Waals surface area contributed by atoms with Gasteiger partial charge in [-0.15, -0.1) is 0 Å². The normalized spacial score (nSPS) is 12.1. The lowest BCUT2D eigenvalue weighted by Gasteiger charge is -2.03. The van der Waals surface area contributed by atoms with Gasteiger partial charge in [0.25, 0.3) is 0 Å². The van der Waals surface area contributed by atoms with Gasteiger partial charge in [-0.05, 0) is 17.7 Å². The van der Waals surface area contributed by atoms with Crippen molar-refractivity contribution in [2.75, 3.05) is 5.75 Å². The smallest absolute Gasteiger partial charge is 0.321 e. The minimum atomic E-state index is -2.15. The molecule has 1 atom stereocenters. The SMILES string of the molecule is O=C(CS(=O)O)OCc1ccc(Cl)cc1. The molecule has 0 aromatic heterocycles. The van der Waals surface area contributed by atoms with Crippen molar-refractivity contribution in [1.29, 1.82) is 0 Å². The van der Waals surface area contributed by atoms with Gasteiger partial charge in [0.2, 0.25) is 0 Å². The molecule has 1 N–H and O–H groups in total. The summed E-state index contributed by atoms with van der Waals surface area (Å²) in [6.45, 7) is 0.0766. The van der Waals surface area contributed by atoms with Gasteiger partial charge in [0.15, 0.2) is 11.1 Å². The van der Waals surface area contributed by atoms with E-state index in [0.717, 1.165) is 5.56 Å². The van der Waals surface area contributed by atoms with Crippen molar-refractivity contribution in [3.05, 3.63) is 34.9 Å². The molecule has 0 bridgehead atoms. The van der Waals surface area contributed by atoms with E-state index in [0.29, 0.717) is 5.02 Å². The Hall–Kier alpha value is -0.910. The molecule has 0 saturated heterocycles. The number of hydrogen-bond donors (Lipinski definition) is 1. The van der Waals surface area contributed by atoms with Gasteiger partial charge in [0.1, 0.15) is 12.4 Å². The van der Waals surface area contributed by atoms with E-state index in [2.05, 4.69) is 0 Å². The minimum absolute atomic E-state index is 0.0766. The maximum atomic E-state index is 10.9. The van der Waals surface area contributed by atoms with Gasteiger partial charge in [-0.25, -0.2) is 4.21 Å². The standard InChI is InChI=1S/C9H9ClO4S/c10-8-3-1-7(2-4-8)5-14-9(11)6-15(12)13/h1-4H,5-6H2,(H,12,13). The van der Waals surface area contributed by atoms with Gasteiger partial charge in [0, 0.05) is 5.02 Å². The highest BCUT2D eigenvalue weighted by Crippen LogP contribution is 2.10. The Bertz CT molecular complexity index is 363. The average molecular weight is 249 g/mol. The topological polar surface area (TPSA) is 63.6 Å². The number of carbonyl (C=O) groups is 1. The number of benzene rings is 1. The molecule has 0 amide bonds. The molecule has 1 rings (SSSR count). The number of esters is 1. The van der Waals surface area contributed by atoms with Crippen molar-refractivity contribution in [2.24, 2.45) is 0 Å². The van der Waals surface area contributed by atoms with E-state index in [9.17, 15) is 9.00 Å². The first kappa shape index (κ1) is 12.2. The summed E-state index contributed by atoms with van der Waals surface area (Å²) in [6, 6.07) is 6.78. The number of hydrogen-bond acceptors (Lipinski definition) is 3. The highest BCUT2D eigenvalue weighted by molar-refractivity contribution is 7.80. The van der Waals surface area contributed by atoms with E-state index in [4.69, 9.17) is 20.9 Å². The van der Waals surface area contributed by atoms with Gasteiger partial charge in [0.05, 0.1) is 0 Å². The van der Waals surface area contributed by atoms with Gasteiger partial charge >= 0.3 is 5.97 Å². The predicted octanol–water partition coefficient (Wildman–Crippen LogP) is 1.60. The highest BCUT2D eigenvalue weighted by Gasteiger charge is 2.06. The summed E-state index contributed by atoms with van der Waals surface area (Å²) in [7, 11) is 0. The van der Waals surface area contributed by atoms with Gasteiger partial charge in [-0.3, -0.25) is 4.79 Å². The quantitative estimate of drug-likeness (QED) is 0.649. The van der Waals surface area contributed by atoms with Gasteiger partial charge in [-0.2, -0.15) is 0 Å². The molecule has 0 saturated carbocycles. The van der Waals surface area contributed by atoms with E-state index < -0.39 is 22.8 Å². The van der Waals surface area contributed by atoms with Crippen LogP contribution >= 0.6 is 11.6 Å². The number of ether oxygens (including phenoxy) is 1. The first-order chi connectivity index (χ1) is 7.08. The molecule has 0 fully saturated rings. The summed E-state index contributed by atoms with van der Waals surface area (Å²) in [4.78, 5) is 10.9. The second-order valence-electron chi connectivity index (χ2n) is 2.75. The van der Waals surface area contributed by atoms with E-state index in [1.807, 2.05) is 0 Å². The zero-order valence-corrected chi connectivity index (χ0v) is 9.25. The average Bonchev–Trinajstić information content (AvgIpc) is 2.16. The van der Waals surface area contributed by atoms with Crippen LogP contribution in [-0.4, -0.2) is 20.5 Å². The van der Waals surface area contributed by atoms with Crippen LogP contribution in [0.5, 0.6) is 0 Å². The van der Waals surface area contributed by atoms with Crippen LogP contribution in [0.3, 0.4) is 0 Å². The molecule has 0 radical (unpaired) electrons. The number of halogens is 1. The predicted molar refractivity (Wildman–Crippen MR) is 56.9 cm³/mol. The molecule has 4 nitrogen and oxygen atoms in total. The fraction of sp³-hybridized carbons (Fsp3) is 0.222. The number of carbonyl (C=O) groups excluding carboxylic acids is 1. The van der Waals surface area contributed by atoms with Crippen LogP contribution in [0.1, 0.15) is 5.56 Å². The molecule has 6 heteroatoms. The van der Waals surface area contributed by atoms with Crippen LogP contribution in [-0.2, 0) is 27.2 Å². The lowest BCUT2D eigenvalue weighted by atomic mass is 10.2. The van der Waals surface area contributed by atoms with Crippen molar-refractivity contribution < 1.29 is 18.3 Å². The fourth-order valence-corrected chi connectivity index (χ4v) is 1.30. The fourth-order valence-electron chi connectivity index (χ4n) is 0.887. The Kier molecular flexibility index (Phi) is 4.74. The number of rotatable bonds is 4. The van der Waals surface area contributed by atoms with Crippen LogP contribution in [0.2, 0.25) is 5.02 Å². The first-order valence-corrected chi connectivity index (χ1v) is 5.71. The van der Waals surface area contributed by atoms with Gasteiger partial charge < -0.3 is 9.29 Å². The molecule has 15 heavy (non-hydrogen) atoms. The third-order valence-electron chi connectivity index (χ3n) is 1.55. The zero-order valence-electron chi connectivity index (χ0n) is 7.68. The van der Waals surface area contributed by atoms with Crippen molar-refractivity contribution in [1.82, 2.24) is 0 Å². The highest BCUT2D eigenvalue weighted by atomic mass is 35.5. The van der Waals surface area contributed by atoms with Gasteiger partial charge in [-0.1, -0.05) is 23.7 Å². The van der Waals surface area contributed by atoms with E-state index in [1.54, 1.807) is 24.3 Å². The van der Waals surface area contributed by atoms with Crippen molar-refractivity contribution in [3.63, 3.8) is 0 Å². The lowest BCUT2D eigenvalue weighted by Crippen LogP contribution is -2.13. The van der Waals surface area contributed by atoms with Crippen molar-refractivity contribution >= 4 is 28.7 Å². The molecule has 0 aliphatic carbocycles. The molecular formula is C9H9ClO4S. The van der Waals surface area contributed by atoms with Crippen molar-refractivity contribution in [2.45, 2.75) is 6.61 Å². The Labute approximate surface area is 94.5 Å². The second kappa shape index (κ2) is 5.85. The van der Waals surface area contributed by atoms with Crippen LogP contribution in [0.25, 0.3) is 0 Å². The third kappa shape index (κ3) is 4.92. The summed E-state index contributed by atoms with van der Waals surface area (Å²) < 4.78 is 23.4. The van der Waals surface area contributed by atoms with Crippen LogP contribution in [0.15, 0.2) is 24.3 Å². The molecule has 1 aromatic rings. The van der Waals surface area contributed by atoms with Crippen LogP contribution < -0.4 is 0 Å². The zero-order chi connectivity index (χ0) is 11.3. The molecule has 82 valence electrons. The Morgan fingerprint density at radius 2 is 2.00 bits per heavy atom. The summed E-state index contributed by atoms with van der Waals surface area (Å²) in [5.74, 6) is -1.21.